The minimum atomic E-state index is -0.404. The van der Waals surface area contributed by atoms with Crippen molar-refractivity contribution >= 4 is 17.7 Å². The number of hydrogen-bond donors (Lipinski definition) is 3. The van der Waals surface area contributed by atoms with E-state index in [-0.39, 0.29) is 5.91 Å². The van der Waals surface area contributed by atoms with Gasteiger partial charge in [0.2, 0.25) is 11.9 Å². The van der Waals surface area contributed by atoms with E-state index in [4.69, 9.17) is 9.97 Å². The van der Waals surface area contributed by atoms with E-state index in [0.29, 0.717) is 30.8 Å². The highest BCUT2D eigenvalue weighted by Crippen LogP contribution is 2.28. The first-order chi connectivity index (χ1) is 18.7. The maximum atomic E-state index is 13.4. The van der Waals surface area contributed by atoms with Crippen LogP contribution >= 0.6 is 0 Å². The molecule has 1 amide bonds. The highest BCUT2D eigenvalue weighted by Gasteiger charge is 2.25. The van der Waals surface area contributed by atoms with Gasteiger partial charge in [0.15, 0.2) is 0 Å². The molecule has 9 nitrogen and oxygen atoms in total. The monoisotopic (exact) mass is 510 g/mol. The zero-order valence-corrected chi connectivity index (χ0v) is 21.5. The molecule has 0 spiro atoms. The Morgan fingerprint density at radius 2 is 1.74 bits per heavy atom. The van der Waals surface area contributed by atoms with Gasteiger partial charge < -0.3 is 20.5 Å². The summed E-state index contributed by atoms with van der Waals surface area (Å²) in [6.45, 7) is 1.00. The molecule has 4 aromatic heterocycles. The van der Waals surface area contributed by atoms with Gasteiger partial charge in [-0.1, -0.05) is 38.2 Å². The molecule has 9 heteroatoms. The molecule has 4 aromatic rings. The molecule has 1 unspecified atom stereocenters. The number of aromatic nitrogens is 5. The van der Waals surface area contributed by atoms with Crippen molar-refractivity contribution < 1.29 is 4.79 Å². The number of rotatable bonds is 11. The lowest BCUT2D eigenvalue weighted by Gasteiger charge is -2.27. The van der Waals surface area contributed by atoms with Gasteiger partial charge in [0.1, 0.15) is 17.7 Å². The predicted octanol–water partition coefficient (Wildman–Crippen LogP) is 4.74. The Kier molecular flexibility index (Phi) is 8.55. The Morgan fingerprint density at radius 1 is 0.921 bits per heavy atom. The van der Waals surface area contributed by atoms with E-state index < -0.39 is 6.04 Å². The van der Waals surface area contributed by atoms with Crippen LogP contribution in [-0.2, 0) is 17.9 Å². The molecule has 1 aliphatic rings. The third kappa shape index (κ3) is 7.15. The molecule has 1 aliphatic carbocycles. The van der Waals surface area contributed by atoms with Gasteiger partial charge in [-0.2, -0.15) is 9.97 Å². The van der Waals surface area contributed by atoms with Crippen molar-refractivity contribution in [3.63, 3.8) is 0 Å². The minimum absolute atomic E-state index is 0.0293. The number of pyridine rings is 2. The van der Waals surface area contributed by atoms with Gasteiger partial charge in [0.05, 0.1) is 0 Å². The summed E-state index contributed by atoms with van der Waals surface area (Å²) in [6.07, 6.45) is 17.7. The maximum Gasteiger partial charge on any atom is 0.242 e. The van der Waals surface area contributed by atoms with E-state index in [1.54, 1.807) is 18.6 Å². The number of anilines is 2. The van der Waals surface area contributed by atoms with Crippen molar-refractivity contribution in [2.75, 3.05) is 10.6 Å². The van der Waals surface area contributed by atoms with Crippen LogP contribution < -0.4 is 16.0 Å². The van der Waals surface area contributed by atoms with Crippen molar-refractivity contribution in [1.82, 2.24) is 29.8 Å². The molecule has 0 bridgehead atoms. The molecule has 1 fully saturated rings. The summed E-state index contributed by atoms with van der Waals surface area (Å²) in [6, 6.07) is 13.1. The summed E-state index contributed by atoms with van der Waals surface area (Å²) < 4.78 is 1.93. The number of carbonyl (C=O) groups is 1. The summed E-state index contributed by atoms with van der Waals surface area (Å²) in [5.74, 6) is 2.29. The molecule has 5 rings (SSSR count). The van der Waals surface area contributed by atoms with Crippen LogP contribution in [0.15, 0.2) is 79.6 Å². The van der Waals surface area contributed by atoms with Crippen LogP contribution in [-0.4, -0.2) is 36.5 Å². The lowest BCUT2D eigenvalue weighted by molar-refractivity contribution is -0.122. The van der Waals surface area contributed by atoms with Crippen molar-refractivity contribution in [3.05, 3.63) is 90.8 Å². The van der Waals surface area contributed by atoms with Crippen LogP contribution in [0, 0.1) is 5.92 Å². The summed E-state index contributed by atoms with van der Waals surface area (Å²) in [5, 5.41) is 9.89. The third-order valence-electron chi connectivity index (χ3n) is 6.90. The number of nitrogens with one attached hydrogen (secondary N) is 3. The Hall–Kier alpha value is -4.27. The second-order valence-corrected chi connectivity index (χ2v) is 9.75. The predicted molar refractivity (Wildman–Crippen MR) is 148 cm³/mol. The van der Waals surface area contributed by atoms with Crippen LogP contribution in [0.4, 0.5) is 11.8 Å². The Bertz CT molecular complexity index is 1270. The fourth-order valence-electron chi connectivity index (χ4n) is 4.87. The molecular formula is C29H34N8O. The van der Waals surface area contributed by atoms with Gasteiger partial charge in [-0.3, -0.25) is 14.8 Å². The van der Waals surface area contributed by atoms with Crippen LogP contribution in [0.25, 0.3) is 5.82 Å². The van der Waals surface area contributed by atoms with Crippen molar-refractivity contribution in [3.8, 4) is 5.82 Å². The van der Waals surface area contributed by atoms with Gasteiger partial charge in [-0.15, -0.1) is 0 Å². The summed E-state index contributed by atoms with van der Waals surface area (Å²) in [7, 11) is 0. The normalized spacial score (nSPS) is 14.5. The lowest BCUT2D eigenvalue weighted by Crippen LogP contribution is -2.41. The second-order valence-electron chi connectivity index (χ2n) is 9.75. The molecule has 0 aliphatic heterocycles. The van der Waals surface area contributed by atoms with E-state index in [1.807, 2.05) is 65.6 Å². The van der Waals surface area contributed by atoms with E-state index >= 15 is 0 Å². The molecular weight excluding hydrogens is 476 g/mol. The first-order valence-corrected chi connectivity index (χ1v) is 13.3. The first kappa shape index (κ1) is 25.4. The van der Waals surface area contributed by atoms with Gasteiger partial charge in [0.25, 0.3) is 0 Å². The average Bonchev–Trinajstić information content (AvgIpc) is 3.52. The fourth-order valence-corrected chi connectivity index (χ4v) is 4.87. The van der Waals surface area contributed by atoms with Crippen molar-refractivity contribution in [2.45, 2.75) is 57.7 Å². The van der Waals surface area contributed by atoms with Crippen LogP contribution in [0.3, 0.4) is 0 Å². The average molecular weight is 511 g/mol. The van der Waals surface area contributed by atoms with Gasteiger partial charge >= 0.3 is 0 Å². The van der Waals surface area contributed by atoms with E-state index in [1.165, 1.54) is 19.3 Å². The Labute approximate surface area is 223 Å². The van der Waals surface area contributed by atoms with Gasteiger partial charge in [0, 0.05) is 56.3 Å². The maximum absolute atomic E-state index is 13.4. The third-order valence-corrected chi connectivity index (χ3v) is 6.90. The van der Waals surface area contributed by atoms with E-state index in [9.17, 15) is 4.79 Å². The van der Waals surface area contributed by atoms with Gasteiger partial charge in [-0.05, 0) is 53.8 Å². The zero-order chi connectivity index (χ0) is 26.0. The van der Waals surface area contributed by atoms with Crippen molar-refractivity contribution in [2.24, 2.45) is 5.92 Å². The number of amides is 1. The smallest absolute Gasteiger partial charge is 0.242 e. The molecule has 196 valence electrons. The Balaban J connectivity index is 1.36. The summed E-state index contributed by atoms with van der Waals surface area (Å²) >= 11 is 0. The summed E-state index contributed by atoms with van der Waals surface area (Å²) in [5.41, 5.74) is 2.05. The highest BCUT2D eigenvalue weighted by molar-refractivity contribution is 5.84. The number of carbonyl (C=O) groups excluding carboxylic acids is 1. The fraction of sp³-hybridized carbons (Fsp3) is 0.345. The topological polar surface area (TPSA) is 110 Å². The number of hydrogen-bond acceptors (Lipinski definition) is 7. The van der Waals surface area contributed by atoms with E-state index in [2.05, 4.69) is 25.9 Å². The summed E-state index contributed by atoms with van der Waals surface area (Å²) in [4.78, 5) is 31.1. The molecule has 38 heavy (non-hydrogen) atoms. The minimum Gasteiger partial charge on any atom is -0.358 e. The molecule has 1 atom stereocenters. The quantitative estimate of drug-likeness (QED) is 0.267. The van der Waals surface area contributed by atoms with E-state index in [0.717, 1.165) is 36.2 Å². The molecule has 3 N–H and O–H groups in total. The SMILES string of the molecule is O=C(NCc1ccncc1)C(CC1CCCCC1)Nc1cc(-n2cccc2)nc(NCc2cccnc2)n1. The van der Waals surface area contributed by atoms with Crippen LogP contribution in [0.2, 0.25) is 0 Å². The largest absolute Gasteiger partial charge is 0.358 e. The zero-order valence-electron chi connectivity index (χ0n) is 21.5. The lowest BCUT2D eigenvalue weighted by atomic mass is 9.84. The molecule has 0 aromatic carbocycles. The number of nitrogens with zero attached hydrogens (tertiary/aromatic N) is 5. The standard InChI is InChI=1S/C29H34N8O/c38-28(32-20-23-10-13-30-14-11-23)25(17-22-7-2-1-3-8-22)34-26-18-27(37-15-4-5-16-37)36-29(35-26)33-21-24-9-6-12-31-19-24/h4-6,9-16,18-19,22,25H,1-3,7-8,17,20-21H2,(H,32,38)(H2,33,34,35,36). The molecule has 1 saturated carbocycles. The molecule has 4 heterocycles. The van der Waals surface area contributed by atoms with Crippen LogP contribution in [0.5, 0.6) is 0 Å². The Morgan fingerprint density at radius 3 is 2.50 bits per heavy atom. The molecule has 0 radical (unpaired) electrons. The highest BCUT2D eigenvalue weighted by atomic mass is 16.2. The second kappa shape index (κ2) is 12.8. The molecule has 0 saturated heterocycles. The van der Waals surface area contributed by atoms with Gasteiger partial charge in [-0.25, -0.2) is 0 Å². The van der Waals surface area contributed by atoms with Crippen LogP contribution in [0.1, 0.15) is 49.7 Å². The van der Waals surface area contributed by atoms with Crippen molar-refractivity contribution in [1.29, 1.82) is 0 Å². The first-order valence-electron chi connectivity index (χ1n) is 13.3.